The first-order valence-corrected chi connectivity index (χ1v) is 18.2. The first-order chi connectivity index (χ1) is 20.7. The number of ether oxygens (including phenoxy) is 2. The van der Waals surface area contributed by atoms with Crippen LogP contribution in [0.25, 0.3) is 11.3 Å². The quantitative estimate of drug-likeness (QED) is 0.0916. The van der Waals surface area contributed by atoms with Crippen LogP contribution < -0.4 is 11.2 Å². The summed E-state index contributed by atoms with van der Waals surface area (Å²) in [7, 11) is -4.34. The Hall–Kier alpha value is -2.03. The second-order valence-electron chi connectivity index (χ2n) is 11.5. The van der Waals surface area contributed by atoms with Gasteiger partial charge in [-0.1, -0.05) is 128 Å². The van der Waals surface area contributed by atoms with Crippen LogP contribution >= 0.6 is 7.60 Å². The van der Waals surface area contributed by atoms with Crippen LogP contribution in [-0.2, 0) is 20.6 Å². The molecule has 244 valence electrons. The fourth-order valence-corrected chi connectivity index (χ4v) is 5.82. The van der Waals surface area contributed by atoms with Crippen molar-refractivity contribution in [2.45, 2.75) is 130 Å². The lowest BCUT2D eigenvalue weighted by Crippen LogP contribution is -2.45. The summed E-state index contributed by atoms with van der Waals surface area (Å²) in [6.45, 7) is 6.22. The summed E-state index contributed by atoms with van der Waals surface area (Å²) in [5, 5.41) is 0. The summed E-state index contributed by atoms with van der Waals surface area (Å²) in [4.78, 5) is 45.5. The molecule has 0 saturated heterocycles. The van der Waals surface area contributed by atoms with Gasteiger partial charge in [-0.2, -0.15) is 0 Å². The smallest absolute Gasteiger partial charge is 0.350 e. The standard InChI is InChI=1S/C33H55N2O7P/c1-4-6-7-8-9-10-11-12-13-14-15-16-17-21-25-42-30(5-2)35-32(36)28(3)31(29-22-19-18-20-23-29)34(33(35)37)24-26-41-27-43(38,39)40/h18-20,22-23,30H,4-17,21,24-27H2,1-3H3,(H2,38,39,40). The van der Waals surface area contributed by atoms with Crippen LogP contribution in [0.2, 0.25) is 0 Å². The number of unbranched alkanes of at least 4 members (excludes halogenated alkanes) is 13. The third-order valence-electron chi connectivity index (χ3n) is 7.81. The third kappa shape index (κ3) is 13.7. The Bertz CT molecular complexity index is 1210. The van der Waals surface area contributed by atoms with E-state index in [1.54, 1.807) is 6.92 Å². The number of hydrogen-bond donors (Lipinski definition) is 2. The van der Waals surface area contributed by atoms with Crippen molar-refractivity contribution in [2.24, 2.45) is 0 Å². The van der Waals surface area contributed by atoms with E-state index in [4.69, 9.17) is 19.3 Å². The van der Waals surface area contributed by atoms with Gasteiger partial charge in [0, 0.05) is 12.2 Å². The molecule has 9 nitrogen and oxygen atoms in total. The van der Waals surface area contributed by atoms with E-state index in [1.807, 2.05) is 37.3 Å². The predicted molar refractivity (Wildman–Crippen MR) is 174 cm³/mol. The zero-order valence-corrected chi connectivity index (χ0v) is 27.6. The molecular weight excluding hydrogens is 567 g/mol. The molecule has 0 spiro atoms. The Morgan fingerprint density at radius 1 is 0.791 bits per heavy atom. The van der Waals surface area contributed by atoms with Gasteiger partial charge in [0.1, 0.15) is 12.6 Å². The molecule has 0 aliphatic heterocycles. The fourth-order valence-electron chi connectivity index (χ4n) is 5.46. The minimum Gasteiger partial charge on any atom is -0.367 e. The maximum atomic E-state index is 13.7. The number of aromatic nitrogens is 2. The Labute approximate surface area is 257 Å². The van der Waals surface area contributed by atoms with Gasteiger partial charge in [-0.15, -0.1) is 0 Å². The molecule has 1 aromatic heterocycles. The lowest BCUT2D eigenvalue weighted by atomic mass is 10.0. The van der Waals surface area contributed by atoms with Crippen LogP contribution in [0.3, 0.4) is 0 Å². The molecule has 0 saturated carbocycles. The number of nitrogens with zero attached hydrogens (tertiary/aromatic N) is 2. The summed E-state index contributed by atoms with van der Waals surface area (Å²) in [6.07, 6.45) is 16.8. The molecule has 43 heavy (non-hydrogen) atoms. The van der Waals surface area contributed by atoms with Gasteiger partial charge in [-0.05, 0) is 25.3 Å². The van der Waals surface area contributed by atoms with Gasteiger partial charge >= 0.3 is 13.3 Å². The van der Waals surface area contributed by atoms with E-state index in [0.717, 1.165) is 19.3 Å². The van der Waals surface area contributed by atoms with E-state index in [9.17, 15) is 14.2 Å². The molecule has 1 unspecified atom stereocenters. The van der Waals surface area contributed by atoms with Crippen molar-refractivity contribution in [3.63, 3.8) is 0 Å². The molecule has 2 rings (SSSR count). The Balaban J connectivity index is 1.92. The summed E-state index contributed by atoms with van der Waals surface area (Å²) in [6, 6.07) is 9.15. The molecule has 0 aliphatic rings. The Morgan fingerprint density at radius 2 is 1.33 bits per heavy atom. The molecule has 1 heterocycles. The molecule has 1 atom stereocenters. The highest BCUT2D eigenvalue weighted by Gasteiger charge is 2.23. The normalized spacial score (nSPS) is 12.6. The van der Waals surface area contributed by atoms with Crippen LogP contribution in [0.5, 0.6) is 0 Å². The van der Waals surface area contributed by atoms with Gasteiger partial charge in [0.25, 0.3) is 5.56 Å². The molecule has 2 aromatic rings. The van der Waals surface area contributed by atoms with Crippen molar-refractivity contribution >= 4 is 7.60 Å². The van der Waals surface area contributed by atoms with Crippen LogP contribution in [0.15, 0.2) is 39.9 Å². The molecule has 2 N–H and O–H groups in total. The van der Waals surface area contributed by atoms with E-state index < -0.39 is 31.4 Å². The van der Waals surface area contributed by atoms with Crippen molar-refractivity contribution in [1.82, 2.24) is 9.13 Å². The van der Waals surface area contributed by atoms with E-state index in [2.05, 4.69) is 6.92 Å². The largest absolute Gasteiger partial charge is 0.367 e. The SMILES string of the molecule is CCCCCCCCCCCCCCCCOC(CC)n1c(=O)c(C)c(-c2ccccc2)n(CCOCP(=O)(O)O)c1=O. The molecular formula is C33H55N2O7P. The van der Waals surface area contributed by atoms with E-state index in [-0.39, 0.29) is 13.2 Å². The lowest BCUT2D eigenvalue weighted by Gasteiger charge is -2.23. The van der Waals surface area contributed by atoms with Gasteiger partial charge in [-0.3, -0.25) is 13.9 Å². The predicted octanol–water partition coefficient (Wildman–Crippen LogP) is 7.54. The topological polar surface area (TPSA) is 120 Å². The van der Waals surface area contributed by atoms with E-state index in [0.29, 0.717) is 29.8 Å². The maximum absolute atomic E-state index is 13.7. The van der Waals surface area contributed by atoms with Crippen molar-refractivity contribution in [2.75, 3.05) is 19.6 Å². The average molecular weight is 623 g/mol. The van der Waals surface area contributed by atoms with Crippen LogP contribution in [0, 0.1) is 6.92 Å². The highest BCUT2D eigenvalue weighted by Crippen LogP contribution is 2.33. The number of benzene rings is 1. The van der Waals surface area contributed by atoms with Gasteiger partial charge < -0.3 is 19.3 Å². The number of hydrogen-bond acceptors (Lipinski definition) is 5. The first kappa shape index (κ1) is 37.2. The zero-order chi connectivity index (χ0) is 31.5. The van der Waals surface area contributed by atoms with Crippen molar-refractivity contribution in [1.29, 1.82) is 0 Å². The second-order valence-corrected chi connectivity index (χ2v) is 13.1. The van der Waals surface area contributed by atoms with Crippen LogP contribution in [0.4, 0.5) is 0 Å². The summed E-state index contributed by atoms with van der Waals surface area (Å²) in [5.74, 6) is 0. The van der Waals surface area contributed by atoms with Crippen molar-refractivity contribution in [3.8, 4) is 11.3 Å². The Morgan fingerprint density at radius 3 is 1.84 bits per heavy atom. The molecule has 0 bridgehead atoms. The Kier molecular flexibility index (Phi) is 18.0. The van der Waals surface area contributed by atoms with Crippen molar-refractivity contribution in [3.05, 3.63) is 56.7 Å². The van der Waals surface area contributed by atoms with Gasteiger partial charge in [0.15, 0.2) is 0 Å². The van der Waals surface area contributed by atoms with Gasteiger partial charge in [0.05, 0.1) is 18.8 Å². The molecule has 0 fully saturated rings. The maximum Gasteiger partial charge on any atom is 0.350 e. The van der Waals surface area contributed by atoms with E-state index in [1.165, 1.54) is 79.8 Å². The van der Waals surface area contributed by atoms with Crippen LogP contribution in [-0.4, -0.2) is 38.5 Å². The highest BCUT2D eigenvalue weighted by molar-refractivity contribution is 7.51. The summed E-state index contributed by atoms with van der Waals surface area (Å²) in [5.41, 5.74) is 0.645. The molecule has 1 aromatic carbocycles. The summed E-state index contributed by atoms with van der Waals surface area (Å²) >= 11 is 0. The van der Waals surface area contributed by atoms with Gasteiger partial charge in [0.2, 0.25) is 0 Å². The molecule has 0 aliphatic carbocycles. The van der Waals surface area contributed by atoms with Crippen molar-refractivity contribution < 1.29 is 23.8 Å². The minimum absolute atomic E-state index is 0.0274. The zero-order valence-electron chi connectivity index (χ0n) is 26.7. The van der Waals surface area contributed by atoms with Crippen LogP contribution in [0.1, 0.15) is 122 Å². The third-order valence-corrected chi connectivity index (χ3v) is 8.33. The van der Waals surface area contributed by atoms with E-state index >= 15 is 0 Å². The molecule has 10 heteroatoms. The summed E-state index contributed by atoms with van der Waals surface area (Å²) < 4.78 is 25.1. The number of rotatable bonds is 24. The highest BCUT2D eigenvalue weighted by atomic mass is 31.2. The molecule has 0 amide bonds. The lowest BCUT2D eigenvalue weighted by molar-refractivity contribution is -0.00862. The second kappa shape index (κ2) is 20.8. The first-order valence-electron chi connectivity index (χ1n) is 16.4. The average Bonchev–Trinajstić information content (AvgIpc) is 2.98. The minimum atomic E-state index is -4.34. The molecule has 0 radical (unpaired) electrons. The van der Waals surface area contributed by atoms with Gasteiger partial charge in [-0.25, -0.2) is 9.36 Å². The fraction of sp³-hybridized carbons (Fsp3) is 0.697. The monoisotopic (exact) mass is 622 g/mol.